The van der Waals surface area contributed by atoms with Crippen molar-refractivity contribution >= 4 is 50.6 Å². The van der Waals surface area contributed by atoms with Gasteiger partial charge in [0.1, 0.15) is 0 Å². The molecule has 0 fully saturated rings. The number of hydrogen-bond acceptors (Lipinski definition) is 2. The van der Waals surface area contributed by atoms with Crippen LogP contribution < -0.4 is 0 Å². The Kier molecular flexibility index (Phi) is 8.20. The van der Waals surface area contributed by atoms with Gasteiger partial charge in [-0.1, -0.05) is 59.4 Å². The highest BCUT2D eigenvalue weighted by molar-refractivity contribution is 9.10. The lowest BCUT2D eigenvalue weighted by Crippen LogP contribution is -2.04. The summed E-state index contributed by atoms with van der Waals surface area (Å²) in [5, 5.41) is 10.5. The van der Waals surface area contributed by atoms with E-state index in [1.165, 1.54) is 20.9 Å². The number of hydrogen-bond donors (Lipinski definition) is 1. The standard InChI is InChI=1S/C19H20BrNO2S.C4H8/c1-4-11(3)24-19-17-14(20)8-12(5-2)9-15(17)21-7-6-13(18(19)21)10-16(22)23;1-3-4-2/h4-5,8-9,13H,2,6-7,10H2,1,3H3,(H,22,23);3H,1,4H2,2H3/b11-4+;. The smallest absolute Gasteiger partial charge is 0.304 e. The third-order valence-corrected chi connectivity index (χ3v) is 6.64. The first-order valence-corrected chi connectivity index (χ1v) is 11.1. The lowest BCUT2D eigenvalue weighted by atomic mass is 10.00. The van der Waals surface area contributed by atoms with E-state index in [9.17, 15) is 9.90 Å². The minimum atomic E-state index is -0.733. The summed E-state index contributed by atoms with van der Waals surface area (Å²) in [5.74, 6) is -0.663. The fourth-order valence-electron chi connectivity index (χ4n) is 3.35. The van der Waals surface area contributed by atoms with Gasteiger partial charge >= 0.3 is 5.97 Å². The van der Waals surface area contributed by atoms with Crippen LogP contribution in [-0.2, 0) is 11.3 Å². The van der Waals surface area contributed by atoms with Gasteiger partial charge in [0, 0.05) is 32.9 Å². The summed E-state index contributed by atoms with van der Waals surface area (Å²) in [6.45, 7) is 14.4. The SMILES string of the molecule is C=CCC.C=Cc1cc(Br)c2c(S/C(C)=C/C)c3n(c2c1)CCC3CC(=O)O. The molecule has 1 aromatic heterocycles. The van der Waals surface area contributed by atoms with Crippen LogP contribution in [0.5, 0.6) is 0 Å². The van der Waals surface area contributed by atoms with E-state index in [-0.39, 0.29) is 12.3 Å². The molecule has 0 aliphatic carbocycles. The van der Waals surface area contributed by atoms with Crippen LogP contribution in [0.15, 0.2) is 51.7 Å². The molecule has 1 aliphatic heterocycles. The van der Waals surface area contributed by atoms with Crippen molar-refractivity contribution < 1.29 is 9.90 Å². The second-order valence-corrected chi connectivity index (χ2v) is 8.86. The van der Waals surface area contributed by atoms with E-state index < -0.39 is 5.97 Å². The van der Waals surface area contributed by atoms with Gasteiger partial charge in [-0.15, -0.1) is 6.58 Å². The fraction of sp³-hybridized carbons (Fsp3) is 0.348. The maximum absolute atomic E-state index is 11.3. The lowest BCUT2D eigenvalue weighted by molar-refractivity contribution is -0.137. The fourth-order valence-corrected chi connectivity index (χ4v) is 5.28. The van der Waals surface area contributed by atoms with Crippen molar-refractivity contribution in [1.82, 2.24) is 4.57 Å². The average Bonchev–Trinajstić information content (AvgIpc) is 3.21. The summed E-state index contributed by atoms with van der Waals surface area (Å²) >= 11 is 5.45. The minimum absolute atomic E-state index is 0.0705. The van der Waals surface area contributed by atoms with Gasteiger partial charge < -0.3 is 9.67 Å². The number of rotatable bonds is 6. The normalized spacial score (nSPS) is 15.7. The number of nitrogens with zero attached hydrogens (tertiary/aromatic N) is 1. The van der Waals surface area contributed by atoms with Crippen LogP contribution in [-0.4, -0.2) is 15.6 Å². The first-order valence-electron chi connectivity index (χ1n) is 9.49. The summed E-state index contributed by atoms with van der Waals surface area (Å²) in [4.78, 5) is 13.7. The largest absolute Gasteiger partial charge is 0.481 e. The van der Waals surface area contributed by atoms with Crippen LogP contribution in [0.1, 0.15) is 57.2 Å². The molecule has 150 valence electrons. The Morgan fingerprint density at radius 2 is 2.11 bits per heavy atom. The number of benzene rings is 1. The number of carboxylic acid groups (broad SMARTS) is 1. The summed E-state index contributed by atoms with van der Waals surface area (Å²) in [7, 11) is 0. The second kappa shape index (κ2) is 10.2. The molecule has 1 N–H and O–H groups in total. The number of aryl methyl sites for hydroxylation is 1. The van der Waals surface area contributed by atoms with Crippen LogP contribution in [0, 0.1) is 0 Å². The average molecular weight is 462 g/mol. The molecule has 3 rings (SSSR count). The van der Waals surface area contributed by atoms with Gasteiger partial charge in [-0.2, -0.15) is 0 Å². The first-order chi connectivity index (χ1) is 13.4. The molecule has 0 saturated heterocycles. The Balaban J connectivity index is 0.000000640. The van der Waals surface area contributed by atoms with Crippen molar-refractivity contribution in [3.63, 3.8) is 0 Å². The van der Waals surface area contributed by atoms with E-state index in [2.05, 4.69) is 65.7 Å². The highest BCUT2D eigenvalue weighted by atomic mass is 79.9. The van der Waals surface area contributed by atoms with Crippen molar-refractivity contribution in [3.05, 3.63) is 58.1 Å². The maximum atomic E-state index is 11.3. The molecule has 1 aromatic carbocycles. The van der Waals surface area contributed by atoms with E-state index in [0.29, 0.717) is 0 Å². The molecule has 1 unspecified atom stereocenters. The van der Waals surface area contributed by atoms with Crippen molar-refractivity contribution in [2.75, 3.05) is 0 Å². The van der Waals surface area contributed by atoms with Crippen LogP contribution in [0.3, 0.4) is 0 Å². The number of carboxylic acids is 1. The van der Waals surface area contributed by atoms with Gasteiger partial charge in [0.15, 0.2) is 0 Å². The zero-order valence-corrected chi connectivity index (χ0v) is 19.2. The summed E-state index contributed by atoms with van der Waals surface area (Å²) in [6.07, 6.45) is 7.96. The molecule has 0 amide bonds. The Morgan fingerprint density at radius 3 is 2.64 bits per heavy atom. The van der Waals surface area contributed by atoms with Crippen LogP contribution in [0.4, 0.5) is 0 Å². The lowest BCUT2D eigenvalue weighted by Gasteiger charge is -2.10. The zero-order chi connectivity index (χ0) is 20.8. The molecule has 2 aromatic rings. The highest BCUT2D eigenvalue weighted by Gasteiger charge is 2.32. The quantitative estimate of drug-likeness (QED) is 0.355. The summed E-state index contributed by atoms with van der Waals surface area (Å²) in [5.41, 5.74) is 3.39. The maximum Gasteiger partial charge on any atom is 0.304 e. The van der Waals surface area contributed by atoms with Crippen LogP contribution in [0.2, 0.25) is 0 Å². The third-order valence-electron chi connectivity index (χ3n) is 4.84. The zero-order valence-electron chi connectivity index (χ0n) is 16.8. The summed E-state index contributed by atoms with van der Waals surface area (Å²) in [6, 6.07) is 4.22. The van der Waals surface area contributed by atoms with E-state index in [4.69, 9.17) is 0 Å². The van der Waals surface area contributed by atoms with Crippen LogP contribution >= 0.6 is 27.7 Å². The summed E-state index contributed by atoms with van der Waals surface area (Å²) < 4.78 is 3.34. The molecule has 0 spiro atoms. The van der Waals surface area contributed by atoms with Crippen molar-refractivity contribution in [3.8, 4) is 0 Å². The Hall–Kier alpha value is -1.72. The Bertz CT molecular complexity index is 927. The minimum Gasteiger partial charge on any atom is -0.481 e. The molecule has 0 radical (unpaired) electrons. The number of carbonyl (C=O) groups is 1. The number of fused-ring (bicyclic) bond motifs is 3. The van der Waals surface area contributed by atoms with E-state index >= 15 is 0 Å². The Labute approximate surface area is 180 Å². The van der Waals surface area contributed by atoms with Gasteiger partial charge in [-0.3, -0.25) is 4.79 Å². The van der Waals surface area contributed by atoms with E-state index in [1.807, 2.05) is 19.1 Å². The number of thioether (sulfide) groups is 1. The third kappa shape index (κ3) is 4.81. The van der Waals surface area contributed by atoms with Gasteiger partial charge in [-0.25, -0.2) is 0 Å². The molecule has 28 heavy (non-hydrogen) atoms. The van der Waals surface area contributed by atoms with Crippen molar-refractivity contribution in [1.29, 1.82) is 0 Å². The number of halogens is 1. The Morgan fingerprint density at radius 1 is 1.43 bits per heavy atom. The van der Waals surface area contributed by atoms with Crippen molar-refractivity contribution in [2.24, 2.45) is 0 Å². The van der Waals surface area contributed by atoms with Gasteiger partial charge in [0.25, 0.3) is 0 Å². The first kappa shape index (κ1) is 22.6. The molecule has 1 aliphatic rings. The molecule has 0 bridgehead atoms. The number of aromatic nitrogens is 1. The number of aliphatic carboxylic acids is 1. The number of allylic oxidation sites excluding steroid dienone is 3. The molecule has 3 nitrogen and oxygen atoms in total. The molecule has 2 heterocycles. The molecular weight excluding hydrogens is 434 g/mol. The molecule has 1 atom stereocenters. The van der Waals surface area contributed by atoms with Gasteiger partial charge in [0.05, 0.1) is 11.9 Å². The molecule has 0 saturated carbocycles. The predicted octanol–water partition coefficient (Wildman–Crippen LogP) is 7.61. The monoisotopic (exact) mass is 461 g/mol. The highest BCUT2D eigenvalue weighted by Crippen LogP contribution is 2.48. The topological polar surface area (TPSA) is 42.2 Å². The molecule has 5 heteroatoms. The van der Waals surface area contributed by atoms with Gasteiger partial charge in [-0.05, 0) is 49.3 Å². The van der Waals surface area contributed by atoms with Crippen molar-refractivity contribution in [2.45, 2.75) is 57.4 Å². The molecular formula is C23H28BrNO2S. The van der Waals surface area contributed by atoms with Gasteiger partial charge in [0.2, 0.25) is 0 Å². The van der Waals surface area contributed by atoms with E-state index in [0.717, 1.165) is 34.9 Å². The van der Waals surface area contributed by atoms with E-state index in [1.54, 1.807) is 11.8 Å². The van der Waals surface area contributed by atoms with Crippen LogP contribution in [0.25, 0.3) is 17.0 Å². The predicted molar refractivity (Wildman–Crippen MR) is 125 cm³/mol. The second-order valence-electron chi connectivity index (χ2n) is 6.75.